The van der Waals surface area contributed by atoms with Crippen LogP contribution >= 0.6 is 11.6 Å². The van der Waals surface area contributed by atoms with Gasteiger partial charge in [-0.05, 0) is 42.8 Å². The van der Waals surface area contributed by atoms with Gasteiger partial charge in [-0.15, -0.1) is 0 Å². The molecule has 2 N–H and O–H groups in total. The molecule has 5 heteroatoms. The van der Waals surface area contributed by atoms with Crippen LogP contribution < -0.4 is 5.73 Å². The third kappa shape index (κ3) is 2.12. The highest BCUT2D eigenvalue weighted by molar-refractivity contribution is 6.30. The maximum atomic E-state index is 13.5. The molecule has 1 aromatic heterocycles. The molecule has 1 unspecified atom stereocenters. The standard InChI is InChI=1S/C15H13ClFN3/c1-9(10-3-2-4-11(16)7-10)20-14-8-12(17)5-6-13(14)19-15(20)18/h2-9H,1H3,(H2,18,19). The molecule has 0 aliphatic heterocycles. The smallest absolute Gasteiger partial charge is 0.201 e. The van der Waals surface area contributed by atoms with Crippen LogP contribution in [0.2, 0.25) is 5.02 Å². The summed E-state index contributed by atoms with van der Waals surface area (Å²) >= 11 is 6.02. The molecule has 102 valence electrons. The first-order chi connectivity index (χ1) is 9.56. The minimum Gasteiger partial charge on any atom is -0.369 e. The Hall–Kier alpha value is -2.07. The topological polar surface area (TPSA) is 43.8 Å². The van der Waals surface area contributed by atoms with Gasteiger partial charge in [0, 0.05) is 5.02 Å². The maximum Gasteiger partial charge on any atom is 0.201 e. The van der Waals surface area contributed by atoms with Crippen LogP contribution in [0.1, 0.15) is 18.5 Å². The van der Waals surface area contributed by atoms with Gasteiger partial charge in [0.15, 0.2) is 0 Å². The number of aromatic nitrogens is 2. The molecule has 3 aromatic rings. The first-order valence-corrected chi connectivity index (χ1v) is 6.62. The predicted octanol–water partition coefficient (Wildman–Crippen LogP) is 4.02. The Labute approximate surface area is 120 Å². The zero-order chi connectivity index (χ0) is 14.3. The summed E-state index contributed by atoms with van der Waals surface area (Å²) in [6, 6.07) is 11.9. The summed E-state index contributed by atoms with van der Waals surface area (Å²) in [7, 11) is 0. The number of halogens is 2. The highest BCUT2D eigenvalue weighted by Gasteiger charge is 2.16. The highest BCUT2D eigenvalue weighted by Crippen LogP contribution is 2.28. The first kappa shape index (κ1) is 12.9. The van der Waals surface area contributed by atoms with Crippen molar-refractivity contribution in [1.29, 1.82) is 0 Å². The van der Waals surface area contributed by atoms with Crippen LogP contribution in [0.3, 0.4) is 0 Å². The fourth-order valence-corrected chi connectivity index (χ4v) is 2.61. The number of imidazole rings is 1. The lowest BCUT2D eigenvalue weighted by atomic mass is 10.1. The van der Waals surface area contributed by atoms with E-state index in [9.17, 15) is 4.39 Å². The van der Waals surface area contributed by atoms with Crippen molar-refractivity contribution in [2.75, 3.05) is 5.73 Å². The first-order valence-electron chi connectivity index (χ1n) is 6.24. The second-order valence-corrected chi connectivity index (χ2v) is 5.14. The molecular formula is C15H13ClFN3. The SMILES string of the molecule is CC(c1cccc(Cl)c1)n1c(N)nc2ccc(F)cc21. The number of nitrogens with zero attached hydrogens (tertiary/aromatic N) is 2. The van der Waals surface area contributed by atoms with Crippen molar-refractivity contribution < 1.29 is 4.39 Å². The molecule has 20 heavy (non-hydrogen) atoms. The lowest BCUT2D eigenvalue weighted by Gasteiger charge is -2.16. The highest BCUT2D eigenvalue weighted by atomic mass is 35.5. The van der Waals surface area contributed by atoms with E-state index in [1.165, 1.54) is 12.1 Å². The molecule has 0 fully saturated rings. The van der Waals surface area contributed by atoms with Crippen LogP contribution in [0.4, 0.5) is 10.3 Å². The van der Waals surface area contributed by atoms with E-state index in [2.05, 4.69) is 4.98 Å². The number of anilines is 1. The molecule has 2 aromatic carbocycles. The lowest BCUT2D eigenvalue weighted by molar-refractivity contribution is 0.625. The molecule has 1 heterocycles. The van der Waals surface area contributed by atoms with Crippen molar-refractivity contribution in [3.63, 3.8) is 0 Å². The van der Waals surface area contributed by atoms with Gasteiger partial charge >= 0.3 is 0 Å². The summed E-state index contributed by atoms with van der Waals surface area (Å²) in [6.45, 7) is 1.98. The summed E-state index contributed by atoms with van der Waals surface area (Å²) in [4.78, 5) is 4.26. The minimum absolute atomic E-state index is 0.0829. The summed E-state index contributed by atoms with van der Waals surface area (Å²) in [5.74, 6) is 0.0509. The Balaban J connectivity index is 2.18. The van der Waals surface area contributed by atoms with Gasteiger partial charge in [-0.25, -0.2) is 9.37 Å². The van der Waals surface area contributed by atoms with Crippen LogP contribution in [-0.2, 0) is 0 Å². The average molecular weight is 290 g/mol. The second-order valence-electron chi connectivity index (χ2n) is 4.70. The Bertz CT molecular complexity index is 782. The van der Waals surface area contributed by atoms with Crippen LogP contribution in [0, 0.1) is 5.82 Å². The lowest BCUT2D eigenvalue weighted by Crippen LogP contribution is -2.10. The van der Waals surface area contributed by atoms with Gasteiger partial charge in [-0.1, -0.05) is 23.7 Å². The van der Waals surface area contributed by atoms with E-state index in [0.29, 0.717) is 22.0 Å². The van der Waals surface area contributed by atoms with E-state index in [1.54, 1.807) is 6.07 Å². The largest absolute Gasteiger partial charge is 0.369 e. The van der Waals surface area contributed by atoms with E-state index < -0.39 is 0 Å². The molecule has 0 bridgehead atoms. The van der Waals surface area contributed by atoms with E-state index in [-0.39, 0.29) is 11.9 Å². The van der Waals surface area contributed by atoms with Gasteiger partial charge in [0.25, 0.3) is 0 Å². The zero-order valence-corrected chi connectivity index (χ0v) is 11.6. The van der Waals surface area contributed by atoms with Crippen LogP contribution in [0.5, 0.6) is 0 Å². The van der Waals surface area contributed by atoms with Crippen molar-refractivity contribution in [2.45, 2.75) is 13.0 Å². The molecular weight excluding hydrogens is 277 g/mol. The van der Waals surface area contributed by atoms with E-state index >= 15 is 0 Å². The summed E-state index contributed by atoms with van der Waals surface area (Å²) in [5.41, 5.74) is 8.32. The van der Waals surface area contributed by atoms with Crippen LogP contribution in [0.15, 0.2) is 42.5 Å². The van der Waals surface area contributed by atoms with Gasteiger partial charge < -0.3 is 10.3 Å². The van der Waals surface area contributed by atoms with Crippen molar-refractivity contribution in [1.82, 2.24) is 9.55 Å². The van der Waals surface area contributed by atoms with Crippen molar-refractivity contribution in [3.05, 3.63) is 58.9 Å². The Kier molecular flexibility index (Phi) is 3.10. The fraction of sp³-hybridized carbons (Fsp3) is 0.133. The maximum absolute atomic E-state index is 13.5. The number of rotatable bonds is 2. The molecule has 0 saturated carbocycles. The van der Waals surface area contributed by atoms with Gasteiger partial charge in [0.05, 0.1) is 17.1 Å². The third-order valence-electron chi connectivity index (χ3n) is 3.40. The van der Waals surface area contributed by atoms with E-state index in [0.717, 1.165) is 5.56 Å². The van der Waals surface area contributed by atoms with Crippen molar-refractivity contribution >= 4 is 28.6 Å². The summed E-state index contributed by atoms with van der Waals surface area (Å²) in [6.07, 6.45) is 0. The van der Waals surface area contributed by atoms with Gasteiger partial charge in [0.2, 0.25) is 5.95 Å². The average Bonchev–Trinajstić information content (AvgIpc) is 2.73. The second kappa shape index (κ2) is 4.80. The fourth-order valence-electron chi connectivity index (χ4n) is 2.41. The molecule has 0 aliphatic rings. The molecule has 1 atom stereocenters. The Morgan fingerprint density at radius 2 is 2.05 bits per heavy atom. The number of hydrogen-bond donors (Lipinski definition) is 1. The number of nitrogen functional groups attached to an aromatic ring is 1. The molecule has 0 saturated heterocycles. The normalized spacial score (nSPS) is 12.8. The monoisotopic (exact) mass is 289 g/mol. The van der Waals surface area contributed by atoms with Gasteiger partial charge in [-0.3, -0.25) is 0 Å². The molecule has 0 spiro atoms. The quantitative estimate of drug-likeness (QED) is 0.774. The Morgan fingerprint density at radius 3 is 2.80 bits per heavy atom. The molecule has 3 nitrogen and oxygen atoms in total. The molecule has 3 rings (SSSR count). The number of fused-ring (bicyclic) bond motifs is 1. The molecule has 0 radical (unpaired) electrons. The molecule has 0 amide bonds. The summed E-state index contributed by atoms with van der Waals surface area (Å²) in [5, 5.41) is 0.656. The number of benzene rings is 2. The van der Waals surface area contributed by atoms with Gasteiger partial charge in [-0.2, -0.15) is 0 Å². The number of hydrogen-bond acceptors (Lipinski definition) is 2. The van der Waals surface area contributed by atoms with E-state index in [1.807, 2.05) is 35.8 Å². The van der Waals surface area contributed by atoms with Gasteiger partial charge in [0.1, 0.15) is 5.82 Å². The predicted molar refractivity (Wildman–Crippen MR) is 79.4 cm³/mol. The third-order valence-corrected chi connectivity index (χ3v) is 3.63. The summed E-state index contributed by atoms with van der Waals surface area (Å²) < 4.78 is 15.3. The van der Waals surface area contributed by atoms with Crippen molar-refractivity contribution in [3.8, 4) is 0 Å². The number of nitrogens with two attached hydrogens (primary N) is 1. The zero-order valence-electron chi connectivity index (χ0n) is 10.8. The molecule has 0 aliphatic carbocycles. The van der Waals surface area contributed by atoms with Crippen LogP contribution in [-0.4, -0.2) is 9.55 Å². The van der Waals surface area contributed by atoms with E-state index in [4.69, 9.17) is 17.3 Å². The van der Waals surface area contributed by atoms with Crippen LogP contribution in [0.25, 0.3) is 11.0 Å². The Morgan fingerprint density at radius 1 is 1.25 bits per heavy atom. The van der Waals surface area contributed by atoms with Crippen molar-refractivity contribution in [2.24, 2.45) is 0 Å². The minimum atomic E-state index is -0.308.